The predicted molar refractivity (Wildman–Crippen MR) is 127 cm³/mol. The van der Waals surface area contributed by atoms with Gasteiger partial charge in [-0.25, -0.2) is 4.98 Å². The van der Waals surface area contributed by atoms with Crippen LogP contribution < -0.4 is 10.6 Å². The number of hydrogen-bond acceptors (Lipinski definition) is 5. The van der Waals surface area contributed by atoms with E-state index in [1.165, 1.54) is 11.3 Å². The summed E-state index contributed by atoms with van der Waals surface area (Å²) in [6, 6.07) is 13.9. The van der Waals surface area contributed by atoms with Gasteiger partial charge in [0.2, 0.25) is 5.91 Å². The van der Waals surface area contributed by atoms with Crippen LogP contribution in [-0.2, 0) is 11.8 Å². The van der Waals surface area contributed by atoms with Crippen LogP contribution in [0.25, 0.3) is 22.4 Å². The first-order valence-corrected chi connectivity index (χ1v) is 11.0. The zero-order chi connectivity index (χ0) is 22.7. The lowest BCUT2D eigenvalue weighted by Gasteiger charge is -2.06. The number of nitrogens with zero attached hydrogens (tertiary/aromatic N) is 3. The van der Waals surface area contributed by atoms with Crippen molar-refractivity contribution in [3.05, 3.63) is 77.2 Å². The van der Waals surface area contributed by atoms with E-state index in [1.807, 2.05) is 38.4 Å². The first kappa shape index (κ1) is 21.5. The highest BCUT2D eigenvalue weighted by Crippen LogP contribution is 2.29. The second kappa shape index (κ2) is 9.15. The predicted octanol–water partition coefficient (Wildman–Crippen LogP) is 4.20. The van der Waals surface area contributed by atoms with Gasteiger partial charge in [-0.05, 0) is 49.2 Å². The third-order valence-electron chi connectivity index (χ3n) is 4.83. The van der Waals surface area contributed by atoms with Crippen molar-refractivity contribution in [2.24, 2.45) is 7.05 Å². The Morgan fingerprint density at radius 2 is 1.75 bits per heavy atom. The first-order chi connectivity index (χ1) is 15.4. The maximum Gasteiger partial charge on any atom is 0.253 e. The molecule has 0 saturated carbocycles. The molecule has 3 aromatic heterocycles. The molecule has 0 saturated heterocycles. The van der Waals surface area contributed by atoms with Crippen LogP contribution in [0.3, 0.4) is 0 Å². The second-order valence-corrected chi connectivity index (χ2v) is 8.41. The molecule has 2 N–H and O–H groups in total. The molecule has 0 unspecified atom stereocenters. The Morgan fingerprint density at radius 3 is 2.47 bits per heavy atom. The number of aromatic nitrogens is 3. The average molecular weight is 446 g/mol. The molecule has 1 aromatic carbocycles. The van der Waals surface area contributed by atoms with E-state index < -0.39 is 0 Å². The minimum absolute atomic E-state index is 0.126. The van der Waals surface area contributed by atoms with Crippen molar-refractivity contribution in [3.63, 3.8) is 0 Å². The molecule has 0 aliphatic rings. The van der Waals surface area contributed by atoms with E-state index in [1.54, 1.807) is 23.0 Å². The fourth-order valence-electron chi connectivity index (χ4n) is 3.39. The van der Waals surface area contributed by atoms with Gasteiger partial charge in [-0.15, -0.1) is 11.3 Å². The lowest BCUT2D eigenvalue weighted by molar-refractivity contribution is -0.115. The lowest BCUT2D eigenvalue weighted by atomic mass is 10.0. The maximum atomic E-state index is 12.2. The van der Waals surface area contributed by atoms with Crippen LogP contribution in [0, 0.1) is 13.8 Å². The van der Waals surface area contributed by atoms with E-state index in [0.717, 1.165) is 33.8 Å². The van der Waals surface area contributed by atoms with Crippen LogP contribution in [0.2, 0.25) is 0 Å². The van der Waals surface area contributed by atoms with E-state index in [2.05, 4.69) is 44.9 Å². The summed E-state index contributed by atoms with van der Waals surface area (Å²) in [4.78, 5) is 33.3. The number of thiazole rings is 1. The van der Waals surface area contributed by atoms with Crippen molar-refractivity contribution >= 4 is 28.3 Å². The normalized spacial score (nSPS) is 10.7. The highest BCUT2D eigenvalue weighted by Gasteiger charge is 2.12. The van der Waals surface area contributed by atoms with Gasteiger partial charge in [-0.2, -0.15) is 0 Å². The quantitative estimate of drug-likeness (QED) is 0.466. The number of amides is 2. The largest absolute Gasteiger partial charge is 0.356 e. The fourth-order valence-corrected chi connectivity index (χ4v) is 4.12. The van der Waals surface area contributed by atoms with Crippen molar-refractivity contribution in [2.45, 2.75) is 13.8 Å². The molecular formula is C24H23N5O2S. The van der Waals surface area contributed by atoms with Crippen molar-refractivity contribution in [3.8, 4) is 22.4 Å². The smallest absolute Gasteiger partial charge is 0.253 e. The van der Waals surface area contributed by atoms with Gasteiger partial charge >= 0.3 is 0 Å². The molecule has 0 radical (unpaired) electrons. The Labute approximate surface area is 190 Å². The molecule has 7 nitrogen and oxygen atoms in total. The van der Waals surface area contributed by atoms with Crippen LogP contribution in [0.1, 0.15) is 21.7 Å². The number of benzene rings is 1. The van der Waals surface area contributed by atoms with Gasteiger partial charge < -0.3 is 15.2 Å². The van der Waals surface area contributed by atoms with Gasteiger partial charge in [-0.3, -0.25) is 14.6 Å². The van der Waals surface area contributed by atoms with Crippen molar-refractivity contribution < 1.29 is 9.59 Å². The molecule has 0 bridgehead atoms. The molecule has 162 valence electrons. The molecule has 4 rings (SSSR count). The highest BCUT2D eigenvalue weighted by atomic mass is 32.1. The molecule has 0 aliphatic heterocycles. The van der Waals surface area contributed by atoms with E-state index in [4.69, 9.17) is 0 Å². The van der Waals surface area contributed by atoms with Gasteiger partial charge in [0.1, 0.15) is 0 Å². The number of pyridine rings is 1. The lowest BCUT2D eigenvalue weighted by Crippen LogP contribution is -2.32. The summed E-state index contributed by atoms with van der Waals surface area (Å²) in [7, 11) is 1.83. The van der Waals surface area contributed by atoms with E-state index >= 15 is 0 Å². The van der Waals surface area contributed by atoms with Crippen molar-refractivity contribution in [1.29, 1.82) is 0 Å². The summed E-state index contributed by atoms with van der Waals surface area (Å²) < 4.78 is 1.78. The zero-order valence-corrected chi connectivity index (χ0v) is 18.9. The number of hydrogen-bond donors (Lipinski definition) is 2. The minimum atomic E-state index is -0.327. The molecule has 32 heavy (non-hydrogen) atoms. The Kier molecular flexibility index (Phi) is 6.13. The fraction of sp³-hybridized carbons (Fsp3) is 0.167. The number of carbonyl (C=O) groups excluding carboxylic acids is 2. The summed E-state index contributed by atoms with van der Waals surface area (Å²) in [5.41, 5.74) is 6.39. The van der Waals surface area contributed by atoms with Crippen molar-refractivity contribution in [1.82, 2.24) is 19.9 Å². The van der Waals surface area contributed by atoms with E-state index in [-0.39, 0.29) is 18.4 Å². The monoisotopic (exact) mass is 445 g/mol. The molecule has 0 fully saturated rings. The number of rotatable bonds is 6. The molecule has 0 aliphatic carbocycles. The van der Waals surface area contributed by atoms with Gasteiger partial charge in [0, 0.05) is 41.8 Å². The molecule has 0 spiro atoms. The van der Waals surface area contributed by atoms with Gasteiger partial charge in [0.15, 0.2) is 5.13 Å². The van der Waals surface area contributed by atoms with Crippen LogP contribution >= 0.6 is 11.3 Å². The molecule has 3 heterocycles. The summed E-state index contributed by atoms with van der Waals surface area (Å²) in [5.74, 6) is -0.620. The number of carbonyl (C=O) groups is 2. The van der Waals surface area contributed by atoms with Gasteiger partial charge in [0.25, 0.3) is 5.91 Å². The molecule has 4 aromatic rings. The summed E-state index contributed by atoms with van der Waals surface area (Å²) in [5, 5.41) is 7.75. The Balaban J connectivity index is 1.41. The van der Waals surface area contributed by atoms with E-state index in [0.29, 0.717) is 10.7 Å². The summed E-state index contributed by atoms with van der Waals surface area (Å²) in [6.07, 6.45) is 3.47. The topological polar surface area (TPSA) is 88.9 Å². The molecule has 8 heteroatoms. The number of anilines is 1. The van der Waals surface area contributed by atoms with Crippen LogP contribution in [0.4, 0.5) is 5.13 Å². The summed E-state index contributed by atoms with van der Waals surface area (Å²) >= 11 is 1.34. The van der Waals surface area contributed by atoms with Gasteiger partial charge in [-0.1, -0.05) is 18.2 Å². The SMILES string of the molecule is Cc1cc(-c2cccc(-c3csc(NC(=O)CNC(=O)c4ccn(C)c4)n3)c2)cc(C)n1. The van der Waals surface area contributed by atoms with Crippen LogP contribution in [0.15, 0.2) is 60.2 Å². The second-order valence-electron chi connectivity index (χ2n) is 7.55. The van der Waals surface area contributed by atoms with Crippen LogP contribution in [0.5, 0.6) is 0 Å². The first-order valence-electron chi connectivity index (χ1n) is 10.1. The average Bonchev–Trinajstić information content (AvgIpc) is 3.40. The molecular weight excluding hydrogens is 422 g/mol. The molecule has 0 atom stereocenters. The zero-order valence-electron chi connectivity index (χ0n) is 18.0. The number of aryl methyl sites for hydroxylation is 3. The highest BCUT2D eigenvalue weighted by molar-refractivity contribution is 7.14. The summed E-state index contributed by atoms with van der Waals surface area (Å²) in [6.45, 7) is 3.84. The molecule has 2 amide bonds. The Morgan fingerprint density at radius 1 is 1.00 bits per heavy atom. The standard InChI is InChI=1S/C24H23N5O2S/c1-15-9-20(10-16(2)26-15)17-5-4-6-18(11-17)21-14-32-24(27-21)28-22(30)12-25-23(31)19-7-8-29(3)13-19/h4-11,13-14H,12H2,1-3H3,(H,25,31)(H,27,28,30). The Bertz CT molecular complexity index is 1270. The third kappa shape index (κ3) is 5.09. The van der Waals surface area contributed by atoms with E-state index in [9.17, 15) is 9.59 Å². The number of nitrogens with one attached hydrogen (secondary N) is 2. The van der Waals surface area contributed by atoms with Gasteiger partial charge in [0.05, 0.1) is 17.8 Å². The maximum absolute atomic E-state index is 12.2. The van der Waals surface area contributed by atoms with Crippen molar-refractivity contribution in [2.75, 3.05) is 11.9 Å². The third-order valence-corrected chi connectivity index (χ3v) is 5.59. The van der Waals surface area contributed by atoms with Crippen LogP contribution in [-0.4, -0.2) is 32.9 Å². The minimum Gasteiger partial charge on any atom is -0.356 e. The Hall–Kier alpha value is -3.78.